The van der Waals surface area contributed by atoms with Crippen molar-refractivity contribution in [3.8, 4) is 0 Å². The van der Waals surface area contributed by atoms with E-state index in [0.29, 0.717) is 31.6 Å². The molecule has 0 saturated carbocycles. The molecule has 6 atom stereocenters. The Hall–Kier alpha value is -1.94. The first-order valence-corrected chi connectivity index (χ1v) is 46.7. The highest BCUT2D eigenvalue weighted by Crippen LogP contribution is 2.45. The summed E-state index contributed by atoms with van der Waals surface area (Å²) in [4.78, 5) is 73.1. The zero-order chi connectivity index (χ0) is 76.7. The van der Waals surface area contributed by atoms with Gasteiger partial charge in [-0.15, -0.1) is 0 Å². The fourth-order valence-corrected chi connectivity index (χ4v) is 14.7. The Morgan fingerprint density at radius 1 is 0.269 bits per heavy atom. The first-order valence-electron chi connectivity index (χ1n) is 43.7. The van der Waals surface area contributed by atoms with Crippen LogP contribution in [0.1, 0.15) is 441 Å². The molecule has 0 rings (SSSR count). The van der Waals surface area contributed by atoms with E-state index in [1.807, 2.05) is 0 Å². The van der Waals surface area contributed by atoms with Crippen LogP contribution < -0.4 is 0 Å². The van der Waals surface area contributed by atoms with Crippen LogP contribution in [0.3, 0.4) is 0 Å². The van der Waals surface area contributed by atoms with Crippen LogP contribution in [0.4, 0.5) is 0 Å². The number of ether oxygens (including phenoxy) is 4. The molecule has 0 spiro atoms. The van der Waals surface area contributed by atoms with E-state index in [0.717, 1.165) is 114 Å². The van der Waals surface area contributed by atoms with Gasteiger partial charge in [0, 0.05) is 25.7 Å². The number of phosphoric acid groups is 2. The van der Waals surface area contributed by atoms with Gasteiger partial charge in [-0.1, -0.05) is 389 Å². The van der Waals surface area contributed by atoms with Crippen molar-refractivity contribution in [2.75, 3.05) is 39.6 Å². The van der Waals surface area contributed by atoms with Crippen molar-refractivity contribution in [2.24, 2.45) is 23.7 Å². The number of rotatable bonds is 82. The summed E-state index contributed by atoms with van der Waals surface area (Å²) in [6.45, 7) is 14.3. The van der Waals surface area contributed by atoms with Gasteiger partial charge in [0.25, 0.3) is 0 Å². The number of aliphatic hydroxyl groups excluding tert-OH is 1. The van der Waals surface area contributed by atoms with Crippen molar-refractivity contribution in [1.82, 2.24) is 0 Å². The maximum Gasteiger partial charge on any atom is 0.472 e. The maximum absolute atomic E-state index is 13.1. The lowest BCUT2D eigenvalue weighted by Crippen LogP contribution is -2.30. The van der Waals surface area contributed by atoms with Gasteiger partial charge in [-0.05, 0) is 49.4 Å². The summed E-state index contributed by atoms with van der Waals surface area (Å²) in [6, 6.07) is 0. The lowest BCUT2D eigenvalue weighted by molar-refractivity contribution is -0.161. The van der Waals surface area contributed by atoms with Crippen LogP contribution in [-0.4, -0.2) is 96.7 Å². The molecule has 0 aliphatic rings. The van der Waals surface area contributed by atoms with E-state index in [2.05, 4.69) is 55.4 Å². The van der Waals surface area contributed by atoms with Gasteiger partial charge in [-0.3, -0.25) is 37.3 Å². The topological polar surface area (TPSA) is 237 Å². The Bertz CT molecular complexity index is 2030. The van der Waals surface area contributed by atoms with E-state index in [9.17, 15) is 43.2 Å². The third-order valence-electron chi connectivity index (χ3n) is 20.2. The number of phosphoric ester groups is 2. The third kappa shape index (κ3) is 76.8. The molecule has 3 N–H and O–H groups in total. The van der Waals surface area contributed by atoms with Crippen LogP contribution in [-0.2, 0) is 65.4 Å². The largest absolute Gasteiger partial charge is 0.472 e. The van der Waals surface area contributed by atoms with Crippen LogP contribution in [0.15, 0.2) is 0 Å². The Morgan fingerprint density at radius 2 is 0.462 bits per heavy atom. The van der Waals surface area contributed by atoms with Gasteiger partial charge >= 0.3 is 39.5 Å². The number of aliphatic hydroxyl groups is 1. The predicted molar refractivity (Wildman–Crippen MR) is 428 cm³/mol. The molecule has 0 saturated heterocycles. The van der Waals surface area contributed by atoms with E-state index < -0.39 is 97.5 Å². The van der Waals surface area contributed by atoms with Crippen LogP contribution in [0.2, 0.25) is 0 Å². The first-order chi connectivity index (χ1) is 50.1. The van der Waals surface area contributed by atoms with Gasteiger partial charge in [0.05, 0.1) is 26.4 Å². The minimum atomic E-state index is -4.97. The standard InChI is InChI=1S/C85H166O17P2/c1-9-78(8)64-56-48-39-33-27-23-19-15-11-13-16-20-24-28-34-40-49-57-65-82(87)95-71-80(101-84(89)67-59-51-41-35-29-25-21-17-12-10-14-18-22-26-31-37-45-53-61-75(2)3)73-99-103(91,92)97-69-79(86)70-98-104(93,94)100-74-81(72-96-83(88)66-58-50-44-43-47-55-63-77(6)7)102-85(90)68-60-52-42-36-30-32-38-46-54-62-76(4)5/h75-81,86H,9-74H2,1-8H3,(H,91,92)(H,93,94)/t78?,79-,80-,81-/m1/s1. The smallest absolute Gasteiger partial charge is 0.462 e. The highest BCUT2D eigenvalue weighted by molar-refractivity contribution is 7.47. The molecule has 0 aromatic carbocycles. The minimum Gasteiger partial charge on any atom is -0.462 e. The van der Waals surface area contributed by atoms with Gasteiger partial charge in [-0.25, -0.2) is 9.13 Å². The molecule has 0 aromatic heterocycles. The molecule has 0 aliphatic carbocycles. The van der Waals surface area contributed by atoms with Gasteiger partial charge in [0.1, 0.15) is 19.3 Å². The second kappa shape index (κ2) is 73.8. The predicted octanol–water partition coefficient (Wildman–Crippen LogP) is 25.6. The number of carbonyl (C=O) groups is 4. The van der Waals surface area contributed by atoms with Crippen LogP contribution in [0.5, 0.6) is 0 Å². The molecular weight excluding hydrogens is 1350 g/mol. The number of hydrogen-bond acceptors (Lipinski definition) is 15. The van der Waals surface area contributed by atoms with Crippen LogP contribution >= 0.6 is 15.6 Å². The molecule has 3 unspecified atom stereocenters. The summed E-state index contributed by atoms with van der Waals surface area (Å²) in [5.74, 6) is 0.996. The highest BCUT2D eigenvalue weighted by atomic mass is 31.2. The van der Waals surface area contributed by atoms with Crippen molar-refractivity contribution in [3.63, 3.8) is 0 Å². The Balaban J connectivity index is 5.18. The van der Waals surface area contributed by atoms with Gasteiger partial charge in [-0.2, -0.15) is 0 Å². The molecule has 0 fully saturated rings. The quantitative estimate of drug-likeness (QED) is 0.0222. The normalized spacial score (nSPS) is 14.2. The Morgan fingerprint density at radius 3 is 0.683 bits per heavy atom. The molecule has 0 aliphatic heterocycles. The summed E-state index contributed by atoms with van der Waals surface area (Å²) in [7, 11) is -9.92. The lowest BCUT2D eigenvalue weighted by Gasteiger charge is -2.21. The summed E-state index contributed by atoms with van der Waals surface area (Å²) in [5.41, 5.74) is 0. The molecule has 0 bridgehead atoms. The molecule has 618 valence electrons. The third-order valence-corrected chi connectivity index (χ3v) is 22.1. The van der Waals surface area contributed by atoms with E-state index in [1.165, 1.54) is 238 Å². The van der Waals surface area contributed by atoms with E-state index in [4.69, 9.17) is 37.0 Å². The zero-order valence-corrected chi connectivity index (χ0v) is 70.5. The molecular formula is C85H166O17P2. The SMILES string of the molecule is CCC(C)CCCCCCCCCCCCCCCCCCCCC(=O)OC[C@H](COP(=O)(O)OC[C@@H](O)COP(=O)(O)OC[C@@H](COC(=O)CCCCCCCCC(C)C)OC(=O)CCCCCCCCCCCC(C)C)OC(=O)CCCCCCCCCCCCCCCCCCCCC(C)C. The molecule has 19 heteroatoms. The monoisotopic (exact) mass is 1520 g/mol. The fourth-order valence-electron chi connectivity index (χ4n) is 13.1. The second-order valence-electron chi connectivity index (χ2n) is 32.2. The number of hydrogen-bond donors (Lipinski definition) is 3. The van der Waals surface area contributed by atoms with Crippen LogP contribution in [0.25, 0.3) is 0 Å². The number of esters is 4. The van der Waals surface area contributed by atoms with E-state index >= 15 is 0 Å². The lowest BCUT2D eigenvalue weighted by atomic mass is 9.99. The van der Waals surface area contributed by atoms with Crippen molar-refractivity contribution in [3.05, 3.63) is 0 Å². The summed E-state index contributed by atoms with van der Waals surface area (Å²) < 4.78 is 68.7. The number of carbonyl (C=O) groups excluding carboxylic acids is 4. The van der Waals surface area contributed by atoms with Crippen molar-refractivity contribution >= 4 is 39.5 Å². The Labute approximate surface area is 638 Å². The van der Waals surface area contributed by atoms with Gasteiger partial charge in [0.2, 0.25) is 0 Å². The van der Waals surface area contributed by atoms with Crippen LogP contribution in [0, 0.1) is 23.7 Å². The maximum atomic E-state index is 13.1. The average Bonchev–Trinajstić information content (AvgIpc) is 0.906. The average molecular weight is 1520 g/mol. The molecule has 0 amide bonds. The highest BCUT2D eigenvalue weighted by Gasteiger charge is 2.30. The first kappa shape index (κ1) is 102. The minimum absolute atomic E-state index is 0.104. The van der Waals surface area contributed by atoms with Crippen molar-refractivity contribution < 1.29 is 80.2 Å². The van der Waals surface area contributed by atoms with E-state index in [-0.39, 0.29) is 25.7 Å². The fraction of sp³-hybridized carbons (Fsp3) is 0.953. The Kier molecular flexibility index (Phi) is 72.5. The van der Waals surface area contributed by atoms with E-state index in [1.54, 1.807) is 0 Å². The summed E-state index contributed by atoms with van der Waals surface area (Å²) >= 11 is 0. The molecule has 0 aromatic rings. The van der Waals surface area contributed by atoms with Gasteiger partial charge in [0.15, 0.2) is 12.2 Å². The zero-order valence-electron chi connectivity index (χ0n) is 68.7. The van der Waals surface area contributed by atoms with Gasteiger partial charge < -0.3 is 33.8 Å². The summed E-state index contributed by atoms with van der Waals surface area (Å²) in [6.07, 6.45) is 62.8. The molecule has 0 heterocycles. The number of unbranched alkanes of at least 4 members (excludes halogenated alkanes) is 47. The molecule has 104 heavy (non-hydrogen) atoms. The van der Waals surface area contributed by atoms with Crippen molar-refractivity contribution in [1.29, 1.82) is 0 Å². The second-order valence-corrected chi connectivity index (χ2v) is 35.2. The molecule has 17 nitrogen and oxygen atoms in total. The molecule has 0 radical (unpaired) electrons. The van der Waals surface area contributed by atoms with Crippen molar-refractivity contribution in [2.45, 2.75) is 459 Å². The summed E-state index contributed by atoms with van der Waals surface area (Å²) in [5, 5.41) is 10.6.